The fourth-order valence-corrected chi connectivity index (χ4v) is 2.13. The molecular weight excluding hydrogens is 288 g/mol. The van der Waals surface area contributed by atoms with Crippen LogP contribution in [0.1, 0.15) is 16.1 Å². The maximum atomic E-state index is 12.6. The number of benzene rings is 1. The van der Waals surface area contributed by atoms with Gasteiger partial charge in [-0.25, -0.2) is 0 Å². The molecule has 114 valence electrons. The minimum absolute atomic E-state index is 0. The van der Waals surface area contributed by atoms with E-state index < -0.39 is 0 Å². The van der Waals surface area contributed by atoms with Crippen molar-refractivity contribution in [2.75, 3.05) is 27.7 Å². The lowest BCUT2D eigenvalue weighted by atomic mass is 10.1. The summed E-state index contributed by atoms with van der Waals surface area (Å²) < 4.78 is 7.27. The van der Waals surface area contributed by atoms with Gasteiger partial charge in [-0.2, -0.15) is 0 Å². The number of quaternary nitrogens is 1. The second kappa shape index (κ2) is 7.86. The van der Waals surface area contributed by atoms with E-state index in [2.05, 4.69) is 14.1 Å². The average molecular weight is 309 g/mol. The van der Waals surface area contributed by atoms with E-state index >= 15 is 0 Å². The number of ether oxygens (including phenoxy) is 1. The molecule has 0 fully saturated rings. The van der Waals surface area contributed by atoms with Crippen LogP contribution >= 0.6 is 0 Å². The molecule has 1 heterocycles. The Labute approximate surface area is 131 Å². The second-order valence-electron chi connectivity index (χ2n) is 5.07. The zero-order chi connectivity index (χ0) is 14.5. The van der Waals surface area contributed by atoms with Crippen LogP contribution in [0.2, 0.25) is 0 Å². The van der Waals surface area contributed by atoms with Gasteiger partial charge in [0.15, 0.2) is 0 Å². The van der Waals surface area contributed by atoms with Crippen LogP contribution in [-0.4, -0.2) is 38.1 Å². The fourth-order valence-electron chi connectivity index (χ4n) is 2.13. The number of carbonyl (C=O) groups is 1. The van der Waals surface area contributed by atoms with Crippen molar-refractivity contribution in [1.82, 2.24) is 4.57 Å². The minimum atomic E-state index is 0. The first-order chi connectivity index (χ1) is 9.63. The molecule has 0 saturated heterocycles. The molecule has 2 aromatic rings. The predicted octanol–water partition coefficient (Wildman–Crippen LogP) is -2.12. The molecule has 0 bridgehead atoms. The molecule has 1 aromatic carbocycles. The number of halogens is 1. The molecule has 0 spiro atoms. The molecule has 0 saturated carbocycles. The van der Waals surface area contributed by atoms with Crippen molar-refractivity contribution in [1.29, 1.82) is 0 Å². The zero-order valence-electron chi connectivity index (χ0n) is 12.6. The van der Waals surface area contributed by atoms with Crippen molar-refractivity contribution >= 4 is 5.78 Å². The second-order valence-corrected chi connectivity index (χ2v) is 5.07. The van der Waals surface area contributed by atoms with E-state index in [1.54, 1.807) is 13.2 Å². The van der Waals surface area contributed by atoms with Gasteiger partial charge < -0.3 is 26.6 Å². The molecule has 0 radical (unpaired) electrons. The normalized spacial score (nSPS) is 10.3. The van der Waals surface area contributed by atoms with Crippen molar-refractivity contribution in [2.24, 2.45) is 0 Å². The number of methoxy groups -OCH3 is 1. The number of para-hydroxylation sites is 1. The minimum Gasteiger partial charge on any atom is -1.00 e. The Bertz CT molecular complexity index is 593. The van der Waals surface area contributed by atoms with Gasteiger partial charge in [0.05, 0.1) is 45.6 Å². The molecular formula is C16H21ClN2O2. The third-order valence-electron chi connectivity index (χ3n) is 3.27. The highest BCUT2D eigenvalue weighted by Gasteiger charge is 2.17. The van der Waals surface area contributed by atoms with Gasteiger partial charge in [-0.05, 0) is 24.3 Å². The van der Waals surface area contributed by atoms with Gasteiger partial charge in [-0.1, -0.05) is 12.1 Å². The van der Waals surface area contributed by atoms with Crippen LogP contribution in [0.3, 0.4) is 0 Å². The van der Waals surface area contributed by atoms with Crippen molar-refractivity contribution in [2.45, 2.75) is 6.54 Å². The van der Waals surface area contributed by atoms with Gasteiger partial charge in [-0.15, -0.1) is 0 Å². The Hall–Kier alpha value is -1.78. The Balaban J connectivity index is 0.00000220. The lowest BCUT2D eigenvalue weighted by molar-refractivity contribution is -0.858. The van der Waals surface area contributed by atoms with Gasteiger partial charge in [0.25, 0.3) is 0 Å². The number of rotatable bonds is 6. The van der Waals surface area contributed by atoms with Gasteiger partial charge in [0.2, 0.25) is 5.78 Å². The number of hydrogen-bond donors (Lipinski definition) is 1. The van der Waals surface area contributed by atoms with E-state index in [0.717, 1.165) is 13.1 Å². The maximum absolute atomic E-state index is 12.6. The molecule has 0 atom stereocenters. The third-order valence-corrected chi connectivity index (χ3v) is 3.27. The summed E-state index contributed by atoms with van der Waals surface area (Å²) in [6, 6.07) is 11.1. The molecule has 0 amide bonds. The SMILES string of the molecule is COc1ccccc1C(=O)c1cccn1CC[NH+](C)C.[Cl-]. The molecule has 0 aliphatic heterocycles. The summed E-state index contributed by atoms with van der Waals surface area (Å²) in [5.41, 5.74) is 1.31. The first-order valence-corrected chi connectivity index (χ1v) is 6.75. The van der Waals surface area contributed by atoms with Crippen molar-refractivity contribution in [3.05, 3.63) is 53.9 Å². The van der Waals surface area contributed by atoms with Crippen LogP contribution in [0.4, 0.5) is 0 Å². The predicted molar refractivity (Wildman–Crippen MR) is 78.5 cm³/mol. The first-order valence-electron chi connectivity index (χ1n) is 6.75. The molecule has 21 heavy (non-hydrogen) atoms. The van der Waals surface area contributed by atoms with Crippen LogP contribution in [0, 0.1) is 0 Å². The van der Waals surface area contributed by atoms with Gasteiger partial charge in [-0.3, -0.25) is 4.79 Å². The summed E-state index contributed by atoms with van der Waals surface area (Å²) in [6.45, 7) is 1.80. The van der Waals surface area contributed by atoms with E-state index in [0.29, 0.717) is 17.0 Å². The number of hydrogen-bond acceptors (Lipinski definition) is 2. The summed E-state index contributed by atoms with van der Waals surface area (Å²) in [5, 5.41) is 0. The number of aromatic nitrogens is 1. The quantitative estimate of drug-likeness (QED) is 0.619. The molecule has 0 aliphatic carbocycles. The molecule has 0 aliphatic rings. The Morgan fingerprint density at radius 3 is 2.57 bits per heavy atom. The topological polar surface area (TPSA) is 35.7 Å². The van der Waals surface area contributed by atoms with Crippen molar-refractivity contribution in [3.63, 3.8) is 0 Å². The number of nitrogens with zero attached hydrogens (tertiary/aromatic N) is 1. The Morgan fingerprint density at radius 1 is 1.19 bits per heavy atom. The molecule has 2 rings (SSSR count). The molecule has 1 N–H and O–H groups in total. The van der Waals surface area contributed by atoms with Gasteiger partial charge in [0.1, 0.15) is 5.75 Å². The highest BCUT2D eigenvalue weighted by Crippen LogP contribution is 2.21. The fraction of sp³-hybridized carbons (Fsp3) is 0.312. The zero-order valence-corrected chi connectivity index (χ0v) is 13.4. The Morgan fingerprint density at radius 2 is 1.90 bits per heavy atom. The molecule has 4 nitrogen and oxygen atoms in total. The summed E-state index contributed by atoms with van der Waals surface area (Å²) in [6.07, 6.45) is 1.95. The number of carbonyl (C=O) groups excluding carboxylic acids is 1. The number of ketones is 1. The molecule has 0 unspecified atom stereocenters. The summed E-state index contributed by atoms with van der Waals surface area (Å²) >= 11 is 0. The van der Waals surface area contributed by atoms with Crippen LogP contribution in [0.5, 0.6) is 5.75 Å². The third kappa shape index (κ3) is 4.09. The van der Waals surface area contributed by atoms with Gasteiger partial charge >= 0.3 is 0 Å². The van der Waals surface area contributed by atoms with E-state index in [9.17, 15) is 4.79 Å². The Kier molecular flexibility index (Phi) is 6.46. The maximum Gasteiger partial charge on any atom is 0.213 e. The van der Waals surface area contributed by atoms with E-state index in [1.165, 1.54) is 4.90 Å². The van der Waals surface area contributed by atoms with E-state index in [4.69, 9.17) is 4.74 Å². The number of likely N-dealkylation sites (N-methyl/N-ethyl adjacent to an activating group) is 1. The molecule has 5 heteroatoms. The lowest BCUT2D eigenvalue weighted by Gasteiger charge is -2.12. The summed E-state index contributed by atoms with van der Waals surface area (Å²) in [4.78, 5) is 14.0. The standard InChI is InChI=1S/C16H20N2O2.ClH/c1-17(2)11-12-18-10-6-8-14(18)16(19)13-7-4-5-9-15(13)20-3;/h4-10H,11-12H2,1-3H3;1H. The monoisotopic (exact) mass is 308 g/mol. The van der Waals surface area contributed by atoms with Crippen LogP contribution < -0.4 is 22.0 Å². The highest BCUT2D eigenvalue weighted by molar-refractivity contribution is 6.09. The van der Waals surface area contributed by atoms with Crippen molar-refractivity contribution in [3.8, 4) is 5.75 Å². The van der Waals surface area contributed by atoms with Crippen molar-refractivity contribution < 1.29 is 26.8 Å². The van der Waals surface area contributed by atoms with E-state index in [1.807, 2.05) is 41.1 Å². The first kappa shape index (κ1) is 17.3. The van der Waals surface area contributed by atoms with Crippen LogP contribution in [0.15, 0.2) is 42.6 Å². The lowest BCUT2D eigenvalue weighted by Crippen LogP contribution is -3.06. The largest absolute Gasteiger partial charge is 1.00 e. The average Bonchev–Trinajstić information content (AvgIpc) is 2.92. The van der Waals surface area contributed by atoms with E-state index in [-0.39, 0.29) is 18.2 Å². The summed E-state index contributed by atoms with van der Waals surface area (Å²) in [7, 11) is 5.79. The van der Waals surface area contributed by atoms with Crippen LogP contribution in [-0.2, 0) is 6.54 Å². The smallest absolute Gasteiger partial charge is 0.213 e. The number of nitrogens with one attached hydrogen (secondary N) is 1. The highest BCUT2D eigenvalue weighted by atomic mass is 35.5. The van der Waals surface area contributed by atoms with Crippen LogP contribution in [0.25, 0.3) is 0 Å². The van der Waals surface area contributed by atoms with Gasteiger partial charge in [0, 0.05) is 6.20 Å². The molecule has 1 aromatic heterocycles. The summed E-state index contributed by atoms with van der Waals surface area (Å²) in [5.74, 6) is 0.615.